The highest BCUT2D eigenvalue weighted by atomic mass is 32.1. The second-order valence-electron chi connectivity index (χ2n) is 5.48. The Morgan fingerprint density at radius 1 is 1.27 bits per heavy atom. The van der Waals surface area contributed by atoms with Crippen LogP contribution in [0, 0.1) is 0 Å². The van der Waals surface area contributed by atoms with E-state index in [-0.39, 0.29) is 6.54 Å². The number of rotatable bonds is 5. The quantitative estimate of drug-likeness (QED) is 0.520. The van der Waals surface area contributed by atoms with Crippen LogP contribution in [0.15, 0.2) is 45.1 Å². The highest BCUT2D eigenvalue weighted by Crippen LogP contribution is 2.29. The van der Waals surface area contributed by atoms with E-state index in [4.69, 9.17) is 4.42 Å². The first-order valence-corrected chi connectivity index (χ1v) is 8.77. The van der Waals surface area contributed by atoms with Gasteiger partial charge in [-0.25, -0.2) is 4.98 Å². The van der Waals surface area contributed by atoms with Crippen LogP contribution in [0.25, 0.3) is 11.0 Å². The van der Waals surface area contributed by atoms with Crippen LogP contribution in [-0.4, -0.2) is 24.5 Å². The molecular weight excluding hydrogens is 365 g/mol. The number of alkyl halides is 3. The van der Waals surface area contributed by atoms with Crippen molar-refractivity contribution in [3.8, 4) is 0 Å². The van der Waals surface area contributed by atoms with Crippen molar-refractivity contribution in [3.63, 3.8) is 0 Å². The zero-order chi connectivity index (χ0) is 18.6. The molecule has 2 N–H and O–H groups in total. The third-order valence-electron chi connectivity index (χ3n) is 3.61. The number of nitrogens with zero attached hydrogens (tertiary/aromatic N) is 2. The van der Waals surface area contributed by atoms with Gasteiger partial charge in [0.2, 0.25) is 0 Å². The molecule has 2 aromatic heterocycles. The van der Waals surface area contributed by atoms with Crippen LogP contribution in [0.1, 0.15) is 16.5 Å². The number of furan rings is 1. The average Bonchev–Trinajstić information content (AvgIpc) is 3.23. The molecule has 0 aliphatic rings. The summed E-state index contributed by atoms with van der Waals surface area (Å²) in [5, 5.41) is 8.46. The summed E-state index contributed by atoms with van der Waals surface area (Å²) in [5.41, 5.74) is -0.0265. The van der Waals surface area contributed by atoms with Gasteiger partial charge in [0, 0.05) is 30.8 Å². The van der Waals surface area contributed by atoms with Crippen molar-refractivity contribution < 1.29 is 17.6 Å². The molecule has 0 unspecified atom stereocenters. The van der Waals surface area contributed by atoms with Gasteiger partial charge in [0.15, 0.2) is 11.7 Å². The number of benzene rings is 1. The van der Waals surface area contributed by atoms with Gasteiger partial charge >= 0.3 is 6.18 Å². The summed E-state index contributed by atoms with van der Waals surface area (Å²) >= 11 is 0.961. The average molecular weight is 382 g/mol. The predicted molar refractivity (Wildman–Crippen MR) is 95.2 cm³/mol. The Hall–Kier alpha value is -2.55. The predicted octanol–water partition coefficient (Wildman–Crippen LogP) is 3.82. The summed E-state index contributed by atoms with van der Waals surface area (Å²) in [6.07, 6.45) is -3.76. The zero-order valence-electron chi connectivity index (χ0n) is 13.9. The van der Waals surface area contributed by atoms with E-state index in [9.17, 15) is 13.2 Å². The molecule has 1 aromatic carbocycles. The lowest BCUT2D eigenvalue weighted by Crippen LogP contribution is -2.37. The molecule has 0 amide bonds. The summed E-state index contributed by atoms with van der Waals surface area (Å²) < 4.78 is 43.4. The highest BCUT2D eigenvalue weighted by molar-refractivity contribution is 7.09. The van der Waals surface area contributed by atoms with Gasteiger partial charge < -0.3 is 15.1 Å². The fourth-order valence-electron chi connectivity index (χ4n) is 2.37. The molecule has 26 heavy (non-hydrogen) atoms. The summed E-state index contributed by atoms with van der Waals surface area (Å²) in [6.45, 7) is 0.746. The molecule has 0 atom stereocenters. The standard InChI is InChI=1S/C17H17F3N4OS/c1-21-16(23-9-15-24-14(10-26-15)17(18,19)20)22-7-6-12-8-11-4-2-3-5-13(11)25-12/h2-5,8,10H,6-7,9H2,1H3,(H2,21,22,23). The Kier molecular flexibility index (Phi) is 5.46. The molecule has 0 saturated heterocycles. The molecule has 0 radical (unpaired) electrons. The number of guanidine groups is 1. The molecule has 0 aliphatic carbocycles. The summed E-state index contributed by atoms with van der Waals surface area (Å²) in [7, 11) is 1.60. The third kappa shape index (κ3) is 4.54. The van der Waals surface area contributed by atoms with Gasteiger partial charge in [0.05, 0.1) is 6.54 Å². The first kappa shape index (κ1) is 18.2. The van der Waals surface area contributed by atoms with Gasteiger partial charge in [-0.1, -0.05) is 18.2 Å². The van der Waals surface area contributed by atoms with E-state index in [2.05, 4.69) is 20.6 Å². The largest absolute Gasteiger partial charge is 0.461 e. The third-order valence-corrected chi connectivity index (χ3v) is 4.46. The van der Waals surface area contributed by atoms with Crippen LogP contribution in [0.5, 0.6) is 0 Å². The second-order valence-corrected chi connectivity index (χ2v) is 6.42. The maximum atomic E-state index is 12.5. The number of fused-ring (bicyclic) bond motifs is 1. The van der Waals surface area contributed by atoms with Gasteiger partial charge in [-0.2, -0.15) is 13.2 Å². The number of hydrogen-bond acceptors (Lipinski definition) is 4. The van der Waals surface area contributed by atoms with Crippen molar-refractivity contribution in [2.45, 2.75) is 19.1 Å². The van der Waals surface area contributed by atoms with Crippen LogP contribution < -0.4 is 10.6 Å². The summed E-state index contributed by atoms with van der Waals surface area (Å²) in [6, 6.07) is 9.76. The topological polar surface area (TPSA) is 62.5 Å². The van der Waals surface area contributed by atoms with E-state index in [1.807, 2.05) is 30.3 Å². The van der Waals surface area contributed by atoms with Crippen molar-refractivity contribution in [1.29, 1.82) is 0 Å². The van der Waals surface area contributed by atoms with E-state index < -0.39 is 11.9 Å². The Labute approximate surface area is 152 Å². The lowest BCUT2D eigenvalue weighted by atomic mass is 10.2. The van der Waals surface area contributed by atoms with Crippen LogP contribution in [0.4, 0.5) is 13.2 Å². The molecule has 138 valence electrons. The van der Waals surface area contributed by atoms with E-state index in [0.717, 1.165) is 33.4 Å². The van der Waals surface area contributed by atoms with Gasteiger partial charge in [0.1, 0.15) is 16.4 Å². The first-order valence-electron chi connectivity index (χ1n) is 7.89. The van der Waals surface area contributed by atoms with Gasteiger partial charge in [0.25, 0.3) is 0 Å². The smallest absolute Gasteiger partial charge is 0.434 e. The van der Waals surface area contributed by atoms with Crippen molar-refractivity contribution in [2.75, 3.05) is 13.6 Å². The molecule has 3 rings (SSSR count). The minimum absolute atomic E-state index is 0.172. The highest BCUT2D eigenvalue weighted by Gasteiger charge is 2.33. The molecule has 0 fully saturated rings. The van der Waals surface area contributed by atoms with Crippen molar-refractivity contribution >= 4 is 28.3 Å². The molecule has 0 aliphatic heterocycles. The second kappa shape index (κ2) is 7.77. The molecule has 2 heterocycles. The summed E-state index contributed by atoms with van der Waals surface area (Å²) in [5.74, 6) is 1.34. The SMILES string of the molecule is CN=C(NCCc1cc2ccccc2o1)NCc1nc(C(F)(F)F)cs1. The van der Waals surface area contributed by atoms with E-state index in [0.29, 0.717) is 23.9 Å². The number of aliphatic imine (C=N–C) groups is 1. The molecule has 0 spiro atoms. The lowest BCUT2D eigenvalue weighted by Gasteiger charge is -2.10. The monoisotopic (exact) mass is 382 g/mol. The molecule has 9 heteroatoms. The van der Waals surface area contributed by atoms with E-state index in [1.165, 1.54) is 0 Å². The minimum Gasteiger partial charge on any atom is -0.461 e. The number of nitrogens with one attached hydrogen (secondary N) is 2. The summed E-state index contributed by atoms with van der Waals surface area (Å²) in [4.78, 5) is 7.62. The molecule has 3 aromatic rings. The first-order chi connectivity index (χ1) is 12.5. The molecular formula is C17H17F3N4OS. The molecule has 0 bridgehead atoms. The van der Waals surface area contributed by atoms with Gasteiger partial charge in [-0.05, 0) is 12.1 Å². The number of thiazole rings is 1. The Morgan fingerprint density at radius 2 is 2.08 bits per heavy atom. The van der Waals surface area contributed by atoms with Crippen molar-refractivity contribution in [3.05, 3.63) is 52.2 Å². The van der Waals surface area contributed by atoms with Crippen molar-refractivity contribution in [2.24, 2.45) is 4.99 Å². The Balaban J connectivity index is 1.48. The van der Waals surface area contributed by atoms with E-state index >= 15 is 0 Å². The minimum atomic E-state index is -4.42. The van der Waals surface area contributed by atoms with Crippen LogP contribution in [-0.2, 0) is 19.1 Å². The van der Waals surface area contributed by atoms with Crippen LogP contribution in [0.3, 0.4) is 0 Å². The number of halogens is 3. The normalized spacial score (nSPS) is 12.5. The zero-order valence-corrected chi connectivity index (χ0v) is 14.7. The number of para-hydroxylation sites is 1. The number of aromatic nitrogens is 1. The van der Waals surface area contributed by atoms with Crippen molar-refractivity contribution in [1.82, 2.24) is 15.6 Å². The van der Waals surface area contributed by atoms with Crippen LogP contribution in [0.2, 0.25) is 0 Å². The van der Waals surface area contributed by atoms with E-state index in [1.54, 1.807) is 7.05 Å². The Bertz CT molecular complexity index is 868. The fraction of sp³-hybridized carbons (Fsp3) is 0.294. The molecule has 5 nitrogen and oxygen atoms in total. The fourth-order valence-corrected chi connectivity index (χ4v) is 3.11. The van der Waals surface area contributed by atoms with Crippen LogP contribution >= 0.6 is 11.3 Å². The maximum Gasteiger partial charge on any atom is 0.434 e. The number of hydrogen-bond donors (Lipinski definition) is 2. The van der Waals surface area contributed by atoms with Gasteiger partial charge in [-0.15, -0.1) is 11.3 Å². The Morgan fingerprint density at radius 3 is 2.77 bits per heavy atom. The lowest BCUT2D eigenvalue weighted by molar-refractivity contribution is -0.140. The maximum absolute atomic E-state index is 12.5. The molecule has 0 saturated carbocycles. The van der Waals surface area contributed by atoms with Gasteiger partial charge in [-0.3, -0.25) is 4.99 Å².